The van der Waals surface area contributed by atoms with E-state index in [9.17, 15) is 4.79 Å². The molecule has 2 heteroatoms. The van der Waals surface area contributed by atoms with Crippen LogP contribution in [-0.4, -0.2) is 17.5 Å². The number of aliphatic hydroxyl groups is 1. The van der Waals surface area contributed by atoms with Crippen LogP contribution in [0, 0.1) is 0 Å². The van der Waals surface area contributed by atoms with Gasteiger partial charge in [0.1, 0.15) is 5.78 Å². The molecule has 0 aliphatic heterocycles. The molecule has 16 heavy (non-hydrogen) atoms. The van der Waals surface area contributed by atoms with Gasteiger partial charge in [0.25, 0.3) is 0 Å². The molecule has 0 rings (SSSR count). The number of carbonyl (C=O) groups excluding carboxylic acids is 1. The molecule has 0 aromatic heterocycles. The van der Waals surface area contributed by atoms with Crippen LogP contribution in [0.4, 0.5) is 0 Å². The number of aliphatic hydroxyl groups excluding tert-OH is 1. The number of ketones is 1. The van der Waals surface area contributed by atoms with Crippen LogP contribution in [0.25, 0.3) is 0 Å². The third-order valence-corrected chi connectivity index (χ3v) is 2.36. The Labute approximate surface area is 99.1 Å². The lowest BCUT2D eigenvalue weighted by atomic mass is 10.1. The summed E-state index contributed by atoms with van der Waals surface area (Å²) in [5.74, 6) is 0.219. The molecular weight excluding hydrogens is 200 g/mol. The SMILES string of the molecule is CCCC/C=C/C(=C/CCO)CCC(C)=O. The predicted octanol–water partition coefficient (Wildman–Crippen LogP) is 3.41. The fraction of sp³-hybridized carbons (Fsp3) is 0.643. The van der Waals surface area contributed by atoms with Gasteiger partial charge in [0.15, 0.2) is 0 Å². The summed E-state index contributed by atoms with van der Waals surface area (Å²) in [5, 5.41) is 8.77. The monoisotopic (exact) mass is 224 g/mol. The average molecular weight is 224 g/mol. The van der Waals surface area contributed by atoms with Crippen LogP contribution in [0.1, 0.15) is 52.4 Å². The van der Waals surface area contributed by atoms with Gasteiger partial charge >= 0.3 is 0 Å². The molecule has 0 saturated heterocycles. The zero-order valence-corrected chi connectivity index (χ0v) is 10.5. The minimum Gasteiger partial charge on any atom is -0.396 e. The molecule has 0 bridgehead atoms. The molecule has 0 aromatic carbocycles. The van der Waals surface area contributed by atoms with Gasteiger partial charge in [0.05, 0.1) is 0 Å². The highest BCUT2D eigenvalue weighted by Gasteiger charge is 1.96. The number of Topliss-reactive ketones (excluding diaryl/α,β-unsaturated/α-hetero) is 1. The van der Waals surface area contributed by atoms with E-state index >= 15 is 0 Å². The quantitative estimate of drug-likeness (QED) is 0.481. The molecule has 0 unspecified atom stereocenters. The maximum absolute atomic E-state index is 10.9. The van der Waals surface area contributed by atoms with Crippen molar-refractivity contribution in [3.8, 4) is 0 Å². The molecule has 92 valence electrons. The smallest absolute Gasteiger partial charge is 0.130 e. The first kappa shape index (κ1) is 15.1. The van der Waals surface area contributed by atoms with Gasteiger partial charge in [-0.1, -0.05) is 43.6 Å². The maximum atomic E-state index is 10.9. The summed E-state index contributed by atoms with van der Waals surface area (Å²) < 4.78 is 0. The largest absolute Gasteiger partial charge is 0.396 e. The van der Waals surface area contributed by atoms with E-state index in [4.69, 9.17) is 5.11 Å². The maximum Gasteiger partial charge on any atom is 0.130 e. The molecule has 0 heterocycles. The summed E-state index contributed by atoms with van der Waals surface area (Å²) in [6.07, 6.45) is 11.8. The summed E-state index contributed by atoms with van der Waals surface area (Å²) in [6, 6.07) is 0. The highest BCUT2D eigenvalue weighted by atomic mass is 16.2. The fourth-order valence-electron chi connectivity index (χ4n) is 1.38. The van der Waals surface area contributed by atoms with E-state index in [1.165, 1.54) is 18.4 Å². The third kappa shape index (κ3) is 9.66. The van der Waals surface area contributed by atoms with Gasteiger partial charge in [-0.3, -0.25) is 0 Å². The van der Waals surface area contributed by atoms with Crippen molar-refractivity contribution in [3.63, 3.8) is 0 Å². The van der Waals surface area contributed by atoms with E-state index in [1.54, 1.807) is 6.92 Å². The van der Waals surface area contributed by atoms with E-state index in [0.717, 1.165) is 12.8 Å². The normalized spacial score (nSPS) is 12.3. The molecule has 0 aliphatic carbocycles. The molecule has 0 saturated carbocycles. The van der Waals surface area contributed by atoms with Crippen molar-refractivity contribution in [2.75, 3.05) is 6.61 Å². The standard InChI is InChI=1S/C14H24O2/c1-3-4-5-6-8-14(9-7-12-15)11-10-13(2)16/h6,8-9,15H,3-5,7,10-12H2,1-2H3/b8-6+,14-9-. The Morgan fingerprint density at radius 3 is 2.56 bits per heavy atom. The van der Waals surface area contributed by atoms with E-state index in [1.807, 2.05) is 6.08 Å². The predicted molar refractivity (Wildman–Crippen MR) is 68.4 cm³/mol. The van der Waals surface area contributed by atoms with Gasteiger partial charge in [-0.15, -0.1) is 0 Å². The van der Waals surface area contributed by atoms with Crippen LogP contribution in [0.3, 0.4) is 0 Å². The van der Waals surface area contributed by atoms with Crippen LogP contribution in [0.5, 0.6) is 0 Å². The highest BCUT2D eigenvalue weighted by Crippen LogP contribution is 2.10. The van der Waals surface area contributed by atoms with Gasteiger partial charge in [-0.25, -0.2) is 0 Å². The second-order valence-corrected chi connectivity index (χ2v) is 4.04. The van der Waals surface area contributed by atoms with E-state index < -0.39 is 0 Å². The van der Waals surface area contributed by atoms with Crippen molar-refractivity contribution in [2.45, 2.75) is 52.4 Å². The van der Waals surface area contributed by atoms with Crippen molar-refractivity contribution in [3.05, 3.63) is 23.8 Å². The molecule has 0 radical (unpaired) electrons. The van der Waals surface area contributed by atoms with Gasteiger partial charge in [0.2, 0.25) is 0 Å². The summed E-state index contributed by atoms with van der Waals surface area (Å²) >= 11 is 0. The van der Waals surface area contributed by atoms with Gasteiger partial charge < -0.3 is 9.90 Å². The van der Waals surface area contributed by atoms with Gasteiger partial charge in [0, 0.05) is 13.0 Å². The summed E-state index contributed by atoms with van der Waals surface area (Å²) in [5.41, 5.74) is 1.17. The minimum atomic E-state index is 0.173. The number of unbranched alkanes of at least 4 members (excludes halogenated alkanes) is 2. The zero-order chi connectivity index (χ0) is 12.2. The molecule has 0 spiro atoms. The Morgan fingerprint density at radius 1 is 1.25 bits per heavy atom. The van der Waals surface area contributed by atoms with Crippen molar-refractivity contribution >= 4 is 5.78 Å². The van der Waals surface area contributed by atoms with Crippen molar-refractivity contribution < 1.29 is 9.90 Å². The molecule has 0 atom stereocenters. The molecule has 0 aliphatic rings. The fourth-order valence-corrected chi connectivity index (χ4v) is 1.38. The number of rotatable bonds is 9. The van der Waals surface area contributed by atoms with E-state index in [0.29, 0.717) is 12.8 Å². The van der Waals surface area contributed by atoms with E-state index in [-0.39, 0.29) is 12.4 Å². The Bertz CT molecular complexity index is 239. The lowest BCUT2D eigenvalue weighted by Crippen LogP contribution is -1.91. The lowest BCUT2D eigenvalue weighted by Gasteiger charge is -2.00. The summed E-state index contributed by atoms with van der Waals surface area (Å²) in [4.78, 5) is 10.9. The first-order chi connectivity index (χ1) is 7.70. The molecule has 0 amide bonds. The van der Waals surface area contributed by atoms with Crippen molar-refractivity contribution in [2.24, 2.45) is 0 Å². The van der Waals surface area contributed by atoms with Crippen LogP contribution in [0.15, 0.2) is 23.8 Å². The first-order valence-corrected chi connectivity index (χ1v) is 6.16. The molecular formula is C14H24O2. The topological polar surface area (TPSA) is 37.3 Å². The first-order valence-electron chi connectivity index (χ1n) is 6.16. The van der Waals surface area contributed by atoms with Crippen molar-refractivity contribution in [1.29, 1.82) is 0 Å². The second kappa shape index (κ2) is 10.6. The number of carbonyl (C=O) groups is 1. The molecule has 2 nitrogen and oxygen atoms in total. The molecule has 0 fully saturated rings. The molecule has 0 aromatic rings. The number of hydrogen-bond donors (Lipinski definition) is 1. The average Bonchev–Trinajstić information content (AvgIpc) is 2.26. The van der Waals surface area contributed by atoms with Crippen LogP contribution >= 0.6 is 0 Å². The van der Waals surface area contributed by atoms with E-state index in [2.05, 4.69) is 19.1 Å². The Morgan fingerprint density at radius 2 is 2.00 bits per heavy atom. The lowest BCUT2D eigenvalue weighted by molar-refractivity contribution is -0.116. The summed E-state index contributed by atoms with van der Waals surface area (Å²) in [7, 11) is 0. The third-order valence-electron chi connectivity index (χ3n) is 2.36. The van der Waals surface area contributed by atoms with Crippen LogP contribution in [-0.2, 0) is 4.79 Å². The van der Waals surface area contributed by atoms with Crippen LogP contribution in [0.2, 0.25) is 0 Å². The van der Waals surface area contributed by atoms with Crippen LogP contribution < -0.4 is 0 Å². The minimum absolute atomic E-state index is 0.173. The van der Waals surface area contributed by atoms with Gasteiger partial charge in [-0.05, 0) is 26.2 Å². The second-order valence-electron chi connectivity index (χ2n) is 4.04. The zero-order valence-electron chi connectivity index (χ0n) is 10.5. The Hall–Kier alpha value is -0.890. The number of hydrogen-bond acceptors (Lipinski definition) is 2. The molecule has 1 N–H and O–H groups in total. The number of allylic oxidation sites excluding steroid dienone is 3. The summed E-state index contributed by atoms with van der Waals surface area (Å²) in [6.45, 7) is 3.96. The van der Waals surface area contributed by atoms with Gasteiger partial charge in [-0.2, -0.15) is 0 Å². The Balaban J connectivity index is 4.09. The Kier molecular flexibility index (Phi) is 10.0. The highest BCUT2D eigenvalue weighted by molar-refractivity contribution is 5.75. The van der Waals surface area contributed by atoms with Crippen molar-refractivity contribution in [1.82, 2.24) is 0 Å².